The molecule has 10 aromatic rings. The Labute approximate surface area is 356 Å². The summed E-state index contributed by atoms with van der Waals surface area (Å²) in [7, 11) is 13.8. The first-order chi connectivity index (χ1) is 29.3. The molecule has 0 amide bonds. The minimum atomic E-state index is 0.645. The van der Waals surface area contributed by atoms with E-state index in [2.05, 4.69) is 193 Å². The van der Waals surface area contributed by atoms with Crippen molar-refractivity contribution in [1.29, 1.82) is 0 Å². The van der Waals surface area contributed by atoms with Gasteiger partial charge in [0.05, 0.1) is 0 Å². The van der Waals surface area contributed by atoms with Crippen molar-refractivity contribution in [3.63, 3.8) is 0 Å². The van der Waals surface area contributed by atoms with E-state index in [0.717, 1.165) is 27.6 Å². The van der Waals surface area contributed by atoms with E-state index in [0.29, 0.717) is 17.5 Å². The molecule has 1 heterocycles. The van der Waals surface area contributed by atoms with Gasteiger partial charge in [-0.2, -0.15) is 0 Å². The molecule has 9 heteroatoms. The van der Waals surface area contributed by atoms with E-state index in [9.17, 15) is 0 Å². The fourth-order valence-electron chi connectivity index (χ4n) is 9.60. The van der Waals surface area contributed by atoms with E-state index in [1.807, 2.05) is 18.2 Å². The SMILES string of the molecule is Bc1c(-c2cccc3ccccc23)c(B)c2c(B)c(B)c(-c3cccc(-c4nc(-c5ccccc5)nc(-c5ccc6cccc(-c7ccccc7)c6c5)n4)c3)c(B)c2c1B. The topological polar surface area (TPSA) is 38.7 Å². The van der Waals surface area contributed by atoms with Gasteiger partial charge in [0.1, 0.15) is 47.1 Å². The van der Waals surface area contributed by atoms with Gasteiger partial charge in [-0.25, -0.2) is 15.0 Å². The Morgan fingerprint density at radius 2 is 0.750 bits per heavy atom. The minimum Gasteiger partial charge on any atom is -0.208 e. The van der Waals surface area contributed by atoms with Crippen molar-refractivity contribution in [2.75, 3.05) is 0 Å². The highest BCUT2D eigenvalue weighted by Crippen LogP contribution is 2.34. The van der Waals surface area contributed by atoms with Crippen molar-refractivity contribution in [2.45, 2.75) is 0 Å². The molecule has 60 heavy (non-hydrogen) atoms. The molecule has 0 atom stereocenters. The molecular formula is C51H39B6N3. The molecule has 0 N–H and O–H groups in total. The van der Waals surface area contributed by atoms with Gasteiger partial charge in [-0.1, -0.05) is 184 Å². The van der Waals surface area contributed by atoms with Gasteiger partial charge in [-0.3, -0.25) is 0 Å². The number of rotatable bonds is 6. The molecule has 0 aliphatic carbocycles. The van der Waals surface area contributed by atoms with E-state index in [1.54, 1.807) is 0 Å². The van der Waals surface area contributed by atoms with Gasteiger partial charge in [-0.05, 0) is 77.8 Å². The van der Waals surface area contributed by atoms with Crippen molar-refractivity contribution in [3.8, 4) is 67.5 Å². The summed E-state index contributed by atoms with van der Waals surface area (Å²) in [5.41, 5.74) is 18.2. The van der Waals surface area contributed by atoms with Crippen LogP contribution in [-0.2, 0) is 0 Å². The summed E-state index contributed by atoms with van der Waals surface area (Å²) in [5.74, 6) is 1.94. The maximum absolute atomic E-state index is 5.23. The predicted octanol–water partition coefficient (Wildman–Crippen LogP) is 2.88. The molecule has 0 bridgehead atoms. The average Bonchev–Trinajstić information content (AvgIpc) is 3.29. The minimum absolute atomic E-state index is 0.645. The fourth-order valence-corrected chi connectivity index (χ4v) is 9.60. The Morgan fingerprint density at radius 3 is 1.43 bits per heavy atom. The lowest BCUT2D eigenvalue weighted by molar-refractivity contribution is 1.07. The van der Waals surface area contributed by atoms with Crippen LogP contribution >= 0.6 is 0 Å². The molecule has 0 fully saturated rings. The maximum atomic E-state index is 5.23. The second kappa shape index (κ2) is 15.1. The molecule has 0 saturated heterocycles. The van der Waals surface area contributed by atoms with E-state index in [4.69, 9.17) is 15.0 Å². The van der Waals surface area contributed by atoms with Crippen LogP contribution in [0.5, 0.6) is 0 Å². The molecule has 0 unspecified atom stereocenters. The lowest BCUT2D eigenvalue weighted by Gasteiger charge is -2.26. The first kappa shape index (κ1) is 37.4. The van der Waals surface area contributed by atoms with E-state index in [-0.39, 0.29) is 0 Å². The first-order valence-electron chi connectivity index (χ1n) is 20.8. The van der Waals surface area contributed by atoms with Crippen LogP contribution in [0, 0.1) is 0 Å². The summed E-state index contributed by atoms with van der Waals surface area (Å²) in [5, 5.41) is 7.59. The molecule has 276 valence electrons. The summed E-state index contributed by atoms with van der Waals surface area (Å²) in [6.45, 7) is 0. The van der Waals surface area contributed by atoms with Gasteiger partial charge in [-0.15, -0.1) is 0 Å². The van der Waals surface area contributed by atoms with Crippen molar-refractivity contribution >= 4 is 112 Å². The Morgan fingerprint density at radius 1 is 0.283 bits per heavy atom. The van der Waals surface area contributed by atoms with Crippen LogP contribution in [0.1, 0.15) is 0 Å². The number of benzene rings is 9. The molecule has 0 saturated carbocycles. The summed E-state index contributed by atoms with van der Waals surface area (Å²) >= 11 is 0. The van der Waals surface area contributed by atoms with Crippen molar-refractivity contribution < 1.29 is 0 Å². The Hall–Kier alpha value is -6.84. The molecule has 0 radical (unpaired) electrons. The average molecular weight is 759 g/mol. The molecule has 1 aromatic heterocycles. The smallest absolute Gasteiger partial charge is 0.164 e. The van der Waals surface area contributed by atoms with E-state index < -0.39 is 0 Å². The zero-order valence-electron chi connectivity index (χ0n) is 34.9. The van der Waals surface area contributed by atoms with Gasteiger partial charge in [0.2, 0.25) is 0 Å². The monoisotopic (exact) mass is 759 g/mol. The third-order valence-corrected chi connectivity index (χ3v) is 12.7. The third-order valence-electron chi connectivity index (χ3n) is 12.7. The largest absolute Gasteiger partial charge is 0.208 e. The highest BCUT2D eigenvalue weighted by molar-refractivity contribution is 6.68. The van der Waals surface area contributed by atoms with Crippen LogP contribution in [0.2, 0.25) is 0 Å². The van der Waals surface area contributed by atoms with Crippen LogP contribution in [0.4, 0.5) is 0 Å². The quantitative estimate of drug-likeness (QED) is 0.245. The summed E-state index contributed by atoms with van der Waals surface area (Å²) < 4.78 is 0. The molecular weight excluding hydrogens is 719 g/mol. The maximum Gasteiger partial charge on any atom is 0.164 e. The summed E-state index contributed by atoms with van der Waals surface area (Å²) in [6.07, 6.45) is 0. The molecule has 0 aliphatic rings. The molecule has 9 aromatic carbocycles. The van der Waals surface area contributed by atoms with Crippen LogP contribution in [0.15, 0.2) is 164 Å². The second-order valence-electron chi connectivity index (χ2n) is 16.1. The molecule has 0 spiro atoms. The van der Waals surface area contributed by atoms with Crippen LogP contribution < -0.4 is 32.8 Å². The van der Waals surface area contributed by atoms with Crippen molar-refractivity contribution in [3.05, 3.63) is 164 Å². The lowest BCUT2D eigenvalue weighted by Crippen LogP contribution is -2.44. The Kier molecular flexibility index (Phi) is 9.41. The molecule has 10 rings (SSSR count). The zero-order chi connectivity index (χ0) is 41.1. The highest BCUT2D eigenvalue weighted by Gasteiger charge is 2.22. The van der Waals surface area contributed by atoms with Crippen molar-refractivity contribution in [2.24, 2.45) is 0 Å². The number of fused-ring (bicyclic) bond motifs is 3. The van der Waals surface area contributed by atoms with Gasteiger partial charge in [0.15, 0.2) is 17.5 Å². The molecule has 0 aliphatic heterocycles. The molecule has 3 nitrogen and oxygen atoms in total. The fraction of sp³-hybridized carbons (Fsp3) is 0. The van der Waals surface area contributed by atoms with Crippen molar-refractivity contribution in [1.82, 2.24) is 15.0 Å². The third kappa shape index (κ3) is 6.28. The standard InChI is InChI=1S/C51H39B6N3/c52-43-39(45(54)47(56)42-41(43)48(57)46(55)40(44(42)53)37-23-11-17-29-14-7-8-21-35(29)37)32-19-9-20-33(26-32)50-58-49(31-15-5-2-6-16-31)59-51(60-50)34-25-24-30-18-10-22-36(38(30)27-34)28-12-3-1-4-13-28/h1-27H,52-57H2. The number of hydrogen-bond donors (Lipinski definition) is 0. The zero-order valence-corrected chi connectivity index (χ0v) is 34.9. The lowest BCUT2D eigenvalue weighted by atomic mass is 9.60. The van der Waals surface area contributed by atoms with Gasteiger partial charge >= 0.3 is 0 Å². The summed E-state index contributed by atoms with van der Waals surface area (Å²) in [4.78, 5) is 15.5. The number of hydrogen-bond acceptors (Lipinski definition) is 3. The second-order valence-corrected chi connectivity index (χ2v) is 16.1. The van der Waals surface area contributed by atoms with E-state index in [1.165, 1.54) is 87.5 Å². The van der Waals surface area contributed by atoms with E-state index >= 15 is 0 Å². The van der Waals surface area contributed by atoms with Crippen LogP contribution in [-0.4, -0.2) is 62.0 Å². The number of nitrogens with zero attached hydrogens (tertiary/aromatic N) is 3. The highest BCUT2D eigenvalue weighted by atomic mass is 15.0. The number of aromatic nitrogens is 3. The first-order valence-corrected chi connectivity index (χ1v) is 20.8. The Bertz CT molecular complexity index is 3330. The van der Waals surface area contributed by atoms with Crippen LogP contribution in [0.3, 0.4) is 0 Å². The van der Waals surface area contributed by atoms with Gasteiger partial charge < -0.3 is 0 Å². The Balaban J connectivity index is 1.13. The van der Waals surface area contributed by atoms with Gasteiger partial charge in [0, 0.05) is 16.7 Å². The normalized spacial score (nSPS) is 11.4. The van der Waals surface area contributed by atoms with Gasteiger partial charge in [0.25, 0.3) is 0 Å². The summed E-state index contributed by atoms with van der Waals surface area (Å²) in [6, 6.07) is 58.0. The predicted molar refractivity (Wildman–Crippen MR) is 274 cm³/mol. The van der Waals surface area contributed by atoms with Crippen LogP contribution in [0.25, 0.3) is 99.9 Å².